The molecule has 0 aliphatic heterocycles. The minimum Gasteiger partial charge on any atom is -0.464 e. The van der Waals surface area contributed by atoms with Crippen LogP contribution in [0.2, 0.25) is 0 Å². The van der Waals surface area contributed by atoms with Gasteiger partial charge in [-0.2, -0.15) is 0 Å². The van der Waals surface area contributed by atoms with Crippen molar-refractivity contribution in [1.82, 2.24) is 5.32 Å². The Kier molecular flexibility index (Phi) is 8.80. The molecule has 16 heavy (non-hydrogen) atoms. The summed E-state index contributed by atoms with van der Waals surface area (Å²) >= 11 is 3.18. The Morgan fingerprint density at radius 3 is 2.75 bits per heavy atom. The predicted octanol–water partition coefficient (Wildman–Crippen LogP) is 1.34. The molecule has 1 unspecified atom stereocenters. The van der Waals surface area contributed by atoms with Crippen LogP contribution in [0.25, 0.3) is 0 Å². The summed E-state index contributed by atoms with van der Waals surface area (Å²) in [5, 5.41) is 2.77. The highest BCUT2D eigenvalue weighted by Crippen LogP contribution is 2.08. The van der Waals surface area contributed by atoms with E-state index in [1.54, 1.807) is 6.92 Å². The first kappa shape index (κ1) is 15.1. The topological polar surface area (TPSA) is 55.4 Å². The van der Waals surface area contributed by atoms with Crippen LogP contribution in [-0.2, 0) is 14.3 Å². The molecular formula is C10H15BrFNO3. The van der Waals surface area contributed by atoms with Crippen LogP contribution in [0, 0.1) is 0 Å². The zero-order chi connectivity index (χ0) is 12.4. The Morgan fingerprint density at radius 1 is 1.62 bits per heavy atom. The van der Waals surface area contributed by atoms with Crippen LogP contribution in [0.3, 0.4) is 0 Å². The number of amides is 1. The molecule has 92 valence electrons. The van der Waals surface area contributed by atoms with Crippen LogP contribution in [0.1, 0.15) is 13.3 Å². The largest absolute Gasteiger partial charge is 0.464 e. The third kappa shape index (κ3) is 5.85. The minimum atomic E-state index is -0.850. The number of esters is 1. The van der Waals surface area contributed by atoms with Gasteiger partial charge in [0.1, 0.15) is 6.04 Å². The average Bonchev–Trinajstić information content (AvgIpc) is 2.27. The van der Waals surface area contributed by atoms with Crippen LogP contribution in [0.4, 0.5) is 4.39 Å². The number of allylic oxidation sites excluding steroid dienone is 1. The van der Waals surface area contributed by atoms with E-state index in [2.05, 4.69) is 21.2 Å². The Hall–Kier alpha value is -0.910. The maximum absolute atomic E-state index is 12.1. The van der Waals surface area contributed by atoms with Gasteiger partial charge in [-0.05, 0) is 13.3 Å². The number of ether oxygens (including phenoxy) is 1. The fourth-order valence-corrected chi connectivity index (χ4v) is 1.51. The molecule has 0 aliphatic rings. The van der Waals surface area contributed by atoms with Crippen molar-refractivity contribution in [2.45, 2.75) is 19.4 Å². The zero-order valence-electron chi connectivity index (χ0n) is 9.04. The summed E-state index contributed by atoms with van der Waals surface area (Å²) in [6.07, 6.45) is 2.14. The highest BCUT2D eigenvalue weighted by Gasteiger charge is 2.16. The van der Waals surface area contributed by atoms with E-state index in [1.807, 2.05) is 0 Å². The third-order valence-corrected chi connectivity index (χ3v) is 2.50. The summed E-state index contributed by atoms with van der Waals surface area (Å²) in [6, 6.07) is -0.850. The van der Waals surface area contributed by atoms with Gasteiger partial charge in [0.05, 0.1) is 13.3 Å². The van der Waals surface area contributed by atoms with Gasteiger partial charge in [0.15, 0.2) is 0 Å². The first-order chi connectivity index (χ1) is 7.69. The molecule has 0 aromatic rings. The Morgan fingerprint density at radius 2 is 2.31 bits per heavy atom. The molecule has 0 rings (SSSR count). The highest BCUT2D eigenvalue weighted by molar-refractivity contribution is 9.09. The maximum atomic E-state index is 12.1. The molecule has 0 spiro atoms. The molecule has 1 N–H and O–H groups in total. The molecular weight excluding hydrogens is 281 g/mol. The van der Waals surface area contributed by atoms with Crippen molar-refractivity contribution < 1.29 is 18.7 Å². The Labute approximate surface area is 102 Å². The number of hydrogen-bond donors (Lipinski definition) is 1. The number of alkyl halides is 2. The molecule has 0 heterocycles. The van der Waals surface area contributed by atoms with Gasteiger partial charge in [-0.1, -0.05) is 27.6 Å². The van der Waals surface area contributed by atoms with E-state index in [0.29, 0.717) is 17.3 Å². The number of carbonyl (C=O) groups excluding carboxylic acids is 2. The highest BCUT2D eigenvalue weighted by atomic mass is 79.9. The van der Waals surface area contributed by atoms with E-state index < -0.39 is 18.7 Å². The SMILES string of the molecule is CCOC(=O)C(/C=C(\CBr)CCF)NC=O. The van der Waals surface area contributed by atoms with Gasteiger partial charge < -0.3 is 10.1 Å². The second kappa shape index (κ2) is 9.33. The number of halogens is 2. The van der Waals surface area contributed by atoms with E-state index in [4.69, 9.17) is 4.74 Å². The molecule has 0 aromatic heterocycles. The molecule has 0 bridgehead atoms. The molecule has 0 aromatic carbocycles. The first-order valence-corrected chi connectivity index (χ1v) is 5.99. The van der Waals surface area contributed by atoms with E-state index in [9.17, 15) is 14.0 Å². The fraction of sp³-hybridized carbons (Fsp3) is 0.600. The van der Waals surface area contributed by atoms with Crippen molar-refractivity contribution in [3.8, 4) is 0 Å². The monoisotopic (exact) mass is 295 g/mol. The standard InChI is InChI=1S/C10H15BrFNO3/c1-2-16-10(15)9(13-7-14)5-8(6-11)3-4-12/h5,7,9H,2-4,6H2,1H3,(H,13,14)/b8-5-. The van der Waals surface area contributed by atoms with Gasteiger partial charge in [0, 0.05) is 5.33 Å². The molecule has 0 aliphatic carbocycles. The van der Waals surface area contributed by atoms with Crippen LogP contribution in [-0.4, -0.2) is 37.0 Å². The van der Waals surface area contributed by atoms with Crippen molar-refractivity contribution in [2.24, 2.45) is 0 Å². The normalized spacial score (nSPS) is 13.1. The lowest BCUT2D eigenvalue weighted by molar-refractivity contribution is -0.145. The molecule has 0 saturated heterocycles. The summed E-state index contributed by atoms with van der Waals surface area (Å²) in [6.45, 7) is 1.40. The number of hydrogen-bond acceptors (Lipinski definition) is 3. The van der Waals surface area contributed by atoms with Crippen LogP contribution in [0.15, 0.2) is 11.6 Å². The van der Waals surface area contributed by atoms with Crippen molar-refractivity contribution in [2.75, 3.05) is 18.6 Å². The maximum Gasteiger partial charge on any atom is 0.332 e. The van der Waals surface area contributed by atoms with Crippen molar-refractivity contribution >= 4 is 28.3 Å². The predicted molar refractivity (Wildman–Crippen MR) is 62.1 cm³/mol. The quantitative estimate of drug-likeness (QED) is 0.318. The molecule has 1 amide bonds. The van der Waals surface area contributed by atoms with Crippen LogP contribution in [0.5, 0.6) is 0 Å². The molecule has 4 nitrogen and oxygen atoms in total. The summed E-state index contributed by atoms with van der Waals surface area (Å²) in [5.74, 6) is -0.549. The van der Waals surface area contributed by atoms with Gasteiger partial charge in [-0.3, -0.25) is 9.18 Å². The minimum absolute atomic E-state index is 0.224. The summed E-state index contributed by atoms with van der Waals surface area (Å²) < 4.78 is 16.9. The summed E-state index contributed by atoms with van der Waals surface area (Å²) in [5.41, 5.74) is 0.704. The Bertz CT molecular complexity index is 258. The second-order valence-corrected chi connectivity index (χ2v) is 3.47. The van der Waals surface area contributed by atoms with Crippen molar-refractivity contribution in [3.05, 3.63) is 11.6 Å². The molecule has 0 radical (unpaired) electrons. The number of carbonyl (C=O) groups is 2. The van der Waals surface area contributed by atoms with Gasteiger partial charge >= 0.3 is 5.97 Å². The van der Waals surface area contributed by atoms with Crippen molar-refractivity contribution in [3.63, 3.8) is 0 Å². The van der Waals surface area contributed by atoms with E-state index in [1.165, 1.54) is 6.08 Å². The third-order valence-electron chi connectivity index (χ3n) is 1.78. The number of rotatable bonds is 8. The molecule has 1 atom stereocenters. The van der Waals surface area contributed by atoms with Gasteiger partial charge in [0.2, 0.25) is 6.41 Å². The molecule has 0 fully saturated rings. The molecule has 6 heteroatoms. The first-order valence-electron chi connectivity index (χ1n) is 4.87. The van der Waals surface area contributed by atoms with E-state index >= 15 is 0 Å². The van der Waals surface area contributed by atoms with Crippen LogP contribution >= 0.6 is 15.9 Å². The lowest BCUT2D eigenvalue weighted by Gasteiger charge is -2.12. The smallest absolute Gasteiger partial charge is 0.332 e. The lowest BCUT2D eigenvalue weighted by Crippen LogP contribution is -2.36. The summed E-state index contributed by atoms with van der Waals surface area (Å²) in [4.78, 5) is 21.7. The average molecular weight is 296 g/mol. The zero-order valence-corrected chi connectivity index (χ0v) is 10.6. The van der Waals surface area contributed by atoms with Gasteiger partial charge in [0.25, 0.3) is 0 Å². The van der Waals surface area contributed by atoms with Gasteiger partial charge in [-0.15, -0.1) is 0 Å². The van der Waals surface area contributed by atoms with Crippen molar-refractivity contribution in [1.29, 1.82) is 0 Å². The van der Waals surface area contributed by atoms with E-state index in [0.717, 1.165) is 0 Å². The lowest BCUT2D eigenvalue weighted by atomic mass is 10.1. The number of nitrogens with one attached hydrogen (secondary N) is 1. The fourth-order valence-electron chi connectivity index (χ4n) is 1.04. The van der Waals surface area contributed by atoms with Crippen LogP contribution < -0.4 is 5.32 Å². The Balaban J connectivity index is 4.61. The van der Waals surface area contributed by atoms with E-state index in [-0.39, 0.29) is 13.0 Å². The second-order valence-electron chi connectivity index (χ2n) is 2.91. The molecule has 0 saturated carbocycles. The summed E-state index contributed by atoms with van der Waals surface area (Å²) in [7, 11) is 0. The van der Waals surface area contributed by atoms with Gasteiger partial charge in [-0.25, -0.2) is 4.79 Å².